The summed E-state index contributed by atoms with van der Waals surface area (Å²) in [5, 5.41) is 13.3. The van der Waals surface area contributed by atoms with Crippen LogP contribution < -0.4 is 14.9 Å². The molecule has 0 radical (unpaired) electrons. The number of aromatic nitrogens is 4. The van der Waals surface area contributed by atoms with Crippen molar-refractivity contribution in [3.05, 3.63) is 77.0 Å². The summed E-state index contributed by atoms with van der Waals surface area (Å²) in [7, 11) is 0. The topological polar surface area (TPSA) is 104 Å². The zero-order valence-electron chi connectivity index (χ0n) is 17.6. The molecule has 2 aromatic heterocycles. The first-order chi connectivity index (χ1) is 16.7. The van der Waals surface area contributed by atoms with E-state index in [0.717, 1.165) is 21.3 Å². The molecule has 0 atom stereocenters. The molecule has 0 saturated heterocycles. The fourth-order valence-corrected chi connectivity index (χ4v) is 4.40. The summed E-state index contributed by atoms with van der Waals surface area (Å²) in [5.41, 5.74) is 5.07. The number of hydrogen-bond acceptors (Lipinski definition) is 8. The second-order valence-electron chi connectivity index (χ2n) is 7.02. The summed E-state index contributed by atoms with van der Waals surface area (Å²) in [6.07, 6.45) is 4.95. The van der Waals surface area contributed by atoms with Crippen molar-refractivity contribution < 1.29 is 14.3 Å². The minimum Gasteiger partial charge on any atom is -0.454 e. The summed E-state index contributed by atoms with van der Waals surface area (Å²) in [6, 6.07) is 17.1. The molecule has 170 valence electrons. The third-order valence-corrected chi connectivity index (χ3v) is 6.42. The molecule has 0 spiro atoms. The lowest BCUT2D eigenvalue weighted by Gasteiger charge is -2.10. The van der Waals surface area contributed by atoms with Crippen molar-refractivity contribution in [2.24, 2.45) is 5.10 Å². The van der Waals surface area contributed by atoms with Gasteiger partial charge < -0.3 is 9.47 Å². The van der Waals surface area contributed by atoms with E-state index in [9.17, 15) is 4.79 Å². The molecule has 1 N–H and O–H groups in total. The lowest BCUT2D eigenvalue weighted by Crippen LogP contribution is -2.20. The minimum atomic E-state index is -0.272. The van der Waals surface area contributed by atoms with Crippen LogP contribution in [0.2, 0.25) is 0 Å². The molecule has 34 heavy (non-hydrogen) atoms. The van der Waals surface area contributed by atoms with E-state index < -0.39 is 0 Å². The van der Waals surface area contributed by atoms with Crippen LogP contribution in [0, 0.1) is 0 Å². The van der Waals surface area contributed by atoms with Gasteiger partial charge in [-0.15, -0.1) is 10.2 Å². The molecule has 11 heteroatoms. The summed E-state index contributed by atoms with van der Waals surface area (Å²) in [6.45, 7) is 0.187. The number of carbonyl (C=O) groups is 1. The minimum absolute atomic E-state index is 0.112. The van der Waals surface area contributed by atoms with E-state index in [2.05, 4.69) is 41.6 Å². The van der Waals surface area contributed by atoms with Gasteiger partial charge >= 0.3 is 0 Å². The predicted octanol–water partition coefficient (Wildman–Crippen LogP) is 4.06. The van der Waals surface area contributed by atoms with Gasteiger partial charge in [-0.3, -0.25) is 14.3 Å². The first kappa shape index (κ1) is 22.1. The van der Waals surface area contributed by atoms with Crippen molar-refractivity contribution in [1.82, 2.24) is 25.2 Å². The lowest BCUT2D eigenvalue weighted by atomic mass is 10.2. The average Bonchev–Trinajstić information content (AvgIpc) is 3.50. The predicted molar refractivity (Wildman–Crippen MR) is 131 cm³/mol. The fourth-order valence-electron chi connectivity index (χ4n) is 3.23. The van der Waals surface area contributed by atoms with Gasteiger partial charge in [0.05, 0.1) is 12.0 Å². The first-order valence-corrected chi connectivity index (χ1v) is 11.9. The molecule has 1 amide bonds. The van der Waals surface area contributed by atoms with Crippen LogP contribution >= 0.6 is 27.7 Å². The molecule has 0 bridgehead atoms. The standard InChI is InChI=1S/C23H17BrN6O3S/c24-18-11-20-19(32-14-33-20)10-16(18)12-26-27-21(31)13-34-23-29-28-22(15-6-8-25-9-7-15)30(23)17-4-2-1-3-5-17/h1-12H,13-14H2,(H,27,31). The normalized spacial score (nSPS) is 12.3. The number of halogens is 1. The van der Waals surface area contributed by atoms with Crippen molar-refractivity contribution >= 4 is 39.8 Å². The van der Waals surface area contributed by atoms with Gasteiger partial charge in [-0.2, -0.15) is 5.10 Å². The van der Waals surface area contributed by atoms with Crippen LogP contribution in [-0.2, 0) is 4.79 Å². The van der Waals surface area contributed by atoms with Gasteiger partial charge in [0.25, 0.3) is 5.91 Å². The molecular weight excluding hydrogens is 520 g/mol. The molecule has 0 fully saturated rings. The second-order valence-corrected chi connectivity index (χ2v) is 8.82. The lowest BCUT2D eigenvalue weighted by molar-refractivity contribution is -0.118. The summed E-state index contributed by atoms with van der Waals surface area (Å²) in [4.78, 5) is 16.5. The van der Waals surface area contributed by atoms with Gasteiger partial charge in [0.2, 0.25) is 6.79 Å². The molecule has 0 unspecified atom stereocenters. The SMILES string of the molecule is O=C(CSc1nnc(-c2ccncc2)n1-c1ccccc1)NN=Cc1cc2c(cc1Br)OCO2. The maximum Gasteiger partial charge on any atom is 0.250 e. The Kier molecular flexibility index (Phi) is 6.54. The van der Waals surface area contributed by atoms with Crippen LogP contribution in [0.4, 0.5) is 0 Å². The van der Waals surface area contributed by atoms with Gasteiger partial charge in [-0.1, -0.05) is 30.0 Å². The molecular formula is C23H17BrN6O3S. The quantitative estimate of drug-likeness (QED) is 0.216. The maximum absolute atomic E-state index is 12.4. The van der Waals surface area contributed by atoms with Crippen LogP contribution in [0.3, 0.4) is 0 Å². The summed E-state index contributed by atoms with van der Waals surface area (Å²) < 4.78 is 13.4. The van der Waals surface area contributed by atoms with Crippen LogP contribution in [0.5, 0.6) is 11.5 Å². The van der Waals surface area contributed by atoms with Gasteiger partial charge in [-0.25, -0.2) is 5.43 Å². The number of fused-ring (bicyclic) bond motifs is 1. The number of carbonyl (C=O) groups excluding carboxylic acids is 1. The number of rotatable bonds is 7. The van der Waals surface area contributed by atoms with Gasteiger partial charge in [0.1, 0.15) is 0 Å². The Labute approximate surface area is 207 Å². The molecule has 1 aliphatic heterocycles. The van der Waals surface area contributed by atoms with E-state index in [1.54, 1.807) is 30.7 Å². The monoisotopic (exact) mass is 536 g/mol. The highest BCUT2D eigenvalue weighted by atomic mass is 79.9. The average molecular weight is 537 g/mol. The molecule has 5 rings (SSSR count). The van der Waals surface area contributed by atoms with Crippen molar-refractivity contribution in [1.29, 1.82) is 0 Å². The Balaban J connectivity index is 1.28. The van der Waals surface area contributed by atoms with E-state index in [4.69, 9.17) is 9.47 Å². The van der Waals surface area contributed by atoms with Crippen molar-refractivity contribution in [3.63, 3.8) is 0 Å². The maximum atomic E-state index is 12.4. The number of hydrogen-bond donors (Lipinski definition) is 1. The number of benzene rings is 2. The molecule has 9 nitrogen and oxygen atoms in total. The molecule has 0 aliphatic carbocycles. The van der Waals surface area contributed by atoms with Crippen molar-refractivity contribution in [2.75, 3.05) is 12.5 Å². The molecule has 3 heterocycles. The van der Waals surface area contributed by atoms with E-state index in [-0.39, 0.29) is 18.5 Å². The van der Waals surface area contributed by atoms with E-state index >= 15 is 0 Å². The van der Waals surface area contributed by atoms with Crippen LogP contribution in [0.1, 0.15) is 5.56 Å². The zero-order valence-corrected chi connectivity index (χ0v) is 20.0. The second kappa shape index (κ2) is 10.1. The fraction of sp³-hybridized carbons (Fsp3) is 0.0870. The number of thioether (sulfide) groups is 1. The van der Waals surface area contributed by atoms with Crippen LogP contribution in [-0.4, -0.2) is 44.4 Å². The van der Waals surface area contributed by atoms with Gasteiger partial charge in [0.15, 0.2) is 22.5 Å². The molecule has 0 saturated carbocycles. The number of nitrogens with zero attached hydrogens (tertiary/aromatic N) is 5. The Bertz CT molecular complexity index is 1350. The molecule has 1 aliphatic rings. The van der Waals surface area contributed by atoms with Gasteiger partial charge in [0, 0.05) is 33.7 Å². The van der Waals surface area contributed by atoms with E-state index in [1.165, 1.54) is 11.8 Å². The number of nitrogens with one attached hydrogen (secondary N) is 1. The number of amides is 1. The number of para-hydroxylation sites is 1. The summed E-state index contributed by atoms with van der Waals surface area (Å²) >= 11 is 4.74. The Morgan fingerprint density at radius 3 is 2.68 bits per heavy atom. The molecule has 4 aromatic rings. The van der Waals surface area contributed by atoms with Crippen LogP contribution in [0.25, 0.3) is 17.1 Å². The zero-order chi connectivity index (χ0) is 23.3. The molecule has 2 aromatic carbocycles. The first-order valence-electron chi connectivity index (χ1n) is 10.1. The number of hydrazone groups is 1. The van der Waals surface area contributed by atoms with Gasteiger partial charge in [-0.05, 0) is 52.3 Å². The largest absolute Gasteiger partial charge is 0.454 e. The third-order valence-electron chi connectivity index (χ3n) is 4.80. The number of pyridine rings is 1. The van der Waals surface area contributed by atoms with E-state index in [0.29, 0.717) is 22.5 Å². The van der Waals surface area contributed by atoms with Crippen molar-refractivity contribution in [3.8, 4) is 28.6 Å². The van der Waals surface area contributed by atoms with E-state index in [1.807, 2.05) is 47.0 Å². The Morgan fingerprint density at radius 1 is 1.12 bits per heavy atom. The third kappa shape index (κ3) is 4.80. The Morgan fingerprint density at radius 2 is 1.88 bits per heavy atom. The Hall–Kier alpha value is -3.70. The highest BCUT2D eigenvalue weighted by Gasteiger charge is 2.18. The smallest absolute Gasteiger partial charge is 0.250 e. The summed E-state index contributed by atoms with van der Waals surface area (Å²) in [5.74, 6) is 1.81. The highest BCUT2D eigenvalue weighted by Crippen LogP contribution is 2.36. The number of ether oxygens (including phenoxy) is 2. The van der Waals surface area contributed by atoms with Crippen LogP contribution in [0.15, 0.2) is 81.7 Å². The van der Waals surface area contributed by atoms with Crippen molar-refractivity contribution in [2.45, 2.75) is 5.16 Å². The highest BCUT2D eigenvalue weighted by molar-refractivity contribution is 9.10.